The van der Waals surface area contributed by atoms with E-state index in [-0.39, 0.29) is 40.7 Å². The summed E-state index contributed by atoms with van der Waals surface area (Å²) in [5.74, 6) is 1.78. The van der Waals surface area contributed by atoms with Gasteiger partial charge in [-0.3, -0.25) is 4.79 Å². The van der Waals surface area contributed by atoms with Crippen LogP contribution in [0, 0.1) is 58.2 Å². The minimum absolute atomic E-state index is 0.0363. The van der Waals surface area contributed by atoms with E-state index < -0.39 is 12.2 Å². The van der Waals surface area contributed by atoms with Gasteiger partial charge in [0.25, 0.3) is 0 Å². The monoisotopic (exact) mass is 464 g/mol. The zero-order chi connectivity index (χ0) is 24.3. The fourth-order valence-electron chi connectivity index (χ4n) is 8.90. The molecule has 0 bridgehead atoms. The lowest BCUT2D eigenvalue weighted by Gasteiger charge is -2.55. The van der Waals surface area contributed by atoms with E-state index in [9.17, 15) is 20.1 Å². The molecule has 0 aromatic heterocycles. The summed E-state index contributed by atoms with van der Waals surface area (Å²) in [4.78, 5) is 13.0. The minimum Gasteiger partial charge on any atom is -0.465 e. The predicted octanol–water partition coefficient (Wildman–Crippen LogP) is 4.42. The van der Waals surface area contributed by atoms with Crippen molar-refractivity contribution in [3.8, 4) is 0 Å². The number of carbonyl (C=O) groups excluding carboxylic acids is 1. The Hall–Kier alpha value is -0.650. The SMILES string of the molecule is CC(C)[C@H](C)[C@@H](O)[C@H](O)[C@@H](C)C1CCC2C3COC(=O)[C@H]4C[C@H](O)CC[C@]4(C)C3CC[C@@]21C. The molecule has 0 aromatic rings. The predicted molar refractivity (Wildman–Crippen MR) is 128 cm³/mol. The van der Waals surface area contributed by atoms with Crippen molar-refractivity contribution < 1.29 is 24.9 Å². The molecule has 1 heterocycles. The van der Waals surface area contributed by atoms with Crippen LogP contribution in [0.4, 0.5) is 0 Å². The average Bonchev–Trinajstić information content (AvgIpc) is 3.08. The molecule has 0 amide bonds. The Morgan fingerprint density at radius 1 is 0.909 bits per heavy atom. The van der Waals surface area contributed by atoms with Gasteiger partial charge >= 0.3 is 5.97 Å². The highest BCUT2D eigenvalue weighted by Gasteiger charge is 2.62. The van der Waals surface area contributed by atoms with Crippen LogP contribution in [0.25, 0.3) is 0 Å². The van der Waals surface area contributed by atoms with Crippen molar-refractivity contribution in [2.24, 2.45) is 58.2 Å². The Bertz CT molecular complexity index is 723. The van der Waals surface area contributed by atoms with Gasteiger partial charge in [-0.25, -0.2) is 0 Å². The van der Waals surface area contributed by atoms with E-state index in [0.717, 1.165) is 38.5 Å². The molecule has 33 heavy (non-hydrogen) atoms. The summed E-state index contributed by atoms with van der Waals surface area (Å²) < 4.78 is 5.91. The molecule has 4 fully saturated rings. The Balaban J connectivity index is 1.56. The van der Waals surface area contributed by atoms with Crippen LogP contribution in [0.1, 0.15) is 86.5 Å². The van der Waals surface area contributed by atoms with Crippen molar-refractivity contribution in [1.82, 2.24) is 0 Å². The smallest absolute Gasteiger partial charge is 0.309 e. The number of esters is 1. The third kappa shape index (κ3) is 4.08. The molecule has 1 aliphatic heterocycles. The summed E-state index contributed by atoms with van der Waals surface area (Å²) in [5, 5.41) is 32.3. The summed E-state index contributed by atoms with van der Waals surface area (Å²) >= 11 is 0. The van der Waals surface area contributed by atoms with Gasteiger partial charge < -0.3 is 20.1 Å². The molecule has 0 aromatic carbocycles. The summed E-state index contributed by atoms with van der Waals surface area (Å²) in [5.41, 5.74) is 0.00402. The van der Waals surface area contributed by atoms with Gasteiger partial charge in [0.05, 0.1) is 30.8 Å². The van der Waals surface area contributed by atoms with Crippen LogP contribution in [0.15, 0.2) is 0 Å². The fourth-order valence-corrected chi connectivity index (χ4v) is 8.90. The third-order valence-corrected chi connectivity index (χ3v) is 11.5. The van der Waals surface area contributed by atoms with E-state index in [4.69, 9.17) is 4.74 Å². The summed E-state index contributed by atoms with van der Waals surface area (Å²) in [7, 11) is 0. The Morgan fingerprint density at radius 2 is 1.55 bits per heavy atom. The third-order valence-electron chi connectivity index (χ3n) is 11.5. The largest absolute Gasteiger partial charge is 0.465 e. The number of fused-ring (bicyclic) bond motifs is 5. The molecule has 4 rings (SSSR count). The molecule has 3 N–H and O–H groups in total. The van der Waals surface area contributed by atoms with E-state index >= 15 is 0 Å². The first-order chi connectivity index (χ1) is 15.4. The second-order valence-electron chi connectivity index (χ2n) is 13.2. The van der Waals surface area contributed by atoms with Crippen LogP contribution in [-0.2, 0) is 9.53 Å². The zero-order valence-corrected chi connectivity index (χ0v) is 21.7. The van der Waals surface area contributed by atoms with Crippen molar-refractivity contribution in [3.63, 3.8) is 0 Å². The number of hydrogen-bond acceptors (Lipinski definition) is 5. The topological polar surface area (TPSA) is 87.0 Å². The lowest BCUT2D eigenvalue weighted by Crippen LogP contribution is -2.52. The van der Waals surface area contributed by atoms with Gasteiger partial charge in [-0.05, 0) is 97.2 Å². The van der Waals surface area contributed by atoms with E-state index in [1.807, 2.05) is 6.92 Å². The van der Waals surface area contributed by atoms with Crippen LogP contribution >= 0.6 is 0 Å². The molecule has 4 aliphatic rings. The lowest BCUT2D eigenvalue weighted by atomic mass is 9.48. The molecule has 0 radical (unpaired) electrons. The summed E-state index contributed by atoms with van der Waals surface area (Å²) in [6, 6.07) is 0. The van der Waals surface area contributed by atoms with Gasteiger partial charge in [-0.2, -0.15) is 0 Å². The number of cyclic esters (lactones) is 1. The highest BCUT2D eigenvalue weighted by atomic mass is 16.5. The molecule has 0 spiro atoms. The molecule has 4 unspecified atom stereocenters. The average molecular weight is 465 g/mol. The normalized spacial score (nSPS) is 46.9. The van der Waals surface area contributed by atoms with Gasteiger partial charge in [-0.1, -0.05) is 41.5 Å². The number of ether oxygens (including phenoxy) is 1. The molecule has 3 saturated carbocycles. The highest BCUT2D eigenvalue weighted by Crippen LogP contribution is 2.66. The lowest BCUT2D eigenvalue weighted by molar-refractivity contribution is -0.155. The minimum atomic E-state index is -0.714. The first-order valence-electron chi connectivity index (χ1n) is 13.6. The zero-order valence-electron chi connectivity index (χ0n) is 21.7. The van der Waals surface area contributed by atoms with Crippen LogP contribution in [0.3, 0.4) is 0 Å². The van der Waals surface area contributed by atoms with Gasteiger partial charge in [0.15, 0.2) is 0 Å². The van der Waals surface area contributed by atoms with Crippen LogP contribution in [0.2, 0.25) is 0 Å². The molecular weight excluding hydrogens is 416 g/mol. The molecule has 5 heteroatoms. The van der Waals surface area contributed by atoms with E-state index in [2.05, 4.69) is 34.6 Å². The maximum Gasteiger partial charge on any atom is 0.309 e. The Kier molecular flexibility index (Phi) is 7.01. The van der Waals surface area contributed by atoms with Crippen molar-refractivity contribution in [1.29, 1.82) is 0 Å². The number of aliphatic hydroxyl groups is 3. The second-order valence-corrected chi connectivity index (χ2v) is 13.2. The van der Waals surface area contributed by atoms with Gasteiger partial charge in [-0.15, -0.1) is 0 Å². The Morgan fingerprint density at radius 3 is 2.21 bits per heavy atom. The van der Waals surface area contributed by atoms with Crippen molar-refractivity contribution in [2.45, 2.75) is 105 Å². The maximum absolute atomic E-state index is 13.0. The number of rotatable bonds is 5. The first-order valence-corrected chi connectivity index (χ1v) is 13.6. The first kappa shape index (κ1) is 25.4. The summed E-state index contributed by atoms with van der Waals surface area (Å²) in [6.45, 7) is 13.6. The van der Waals surface area contributed by atoms with Crippen molar-refractivity contribution in [2.75, 3.05) is 6.61 Å². The van der Waals surface area contributed by atoms with Crippen molar-refractivity contribution in [3.05, 3.63) is 0 Å². The number of hydrogen-bond donors (Lipinski definition) is 3. The molecule has 3 aliphatic carbocycles. The molecule has 190 valence electrons. The fraction of sp³-hybridized carbons (Fsp3) is 0.964. The van der Waals surface area contributed by atoms with Gasteiger partial charge in [0.1, 0.15) is 0 Å². The summed E-state index contributed by atoms with van der Waals surface area (Å²) in [6.07, 6.45) is 4.78. The van der Waals surface area contributed by atoms with Gasteiger partial charge in [0.2, 0.25) is 0 Å². The van der Waals surface area contributed by atoms with Crippen LogP contribution < -0.4 is 0 Å². The van der Waals surface area contributed by atoms with E-state index in [0.29, 0.717) is 42.6 Å². The Labute approximate surface area is 200 Å². The van der Waals surface area contributed by atoms with Crippen LogP contribution in [-0.4, -0.2) is 46.2 Å². The molecule has 12 atom stereocenters. The molecular formula is C28H48O5. The second kappa shape index (κ2) is 9.09. The van der Waals surface area contributed by atoms with Gasteiger partial charge in [0, 0.05) is 0 Å². The van der Waals surface area contributed by atoms with Crippen LogP contribution in [0.5, 0.6) is 0 Å². The molecule has 1 saturated heterocycles. The molecule has 5 nitrogen and oxygen atoms in total. The maximum atomic E-state index is 13.0. The van der Waals surface area contributed by atoms with E-state index in [1.165, 1.54) is 0 Å². The highest BCUT2D eigenvalue weighted by molar-refractivity contribution is 5.74. The van der Waals surface area contributed by atoms with E-state index in [1.54, 1.807) is 0 Å². The quantitative estimate of drug-likeness (QED) is 0.524. The number of aliphatic hydroxyl groups excluding tert-OH is 3. The van der Waals surface area contributed by atoms with Crippen molar-refractivity contribution >= 4 is 5.97 Å². The standard InChI is InChI=1S/C28H48O5/c1-15(2)16(3)24(30)25(31)17(4)20-7-8-21-19-14-33-26(32)23-13-18(29)9-11-28(23,6)22(19)10-12-27(20,21)5/h15-25,29-31H,7-14H2,1-6H3/t16-,17-,18+,19?,20?,21?,22?,23+,24+,25+,27+,28+/m0/s1. The number of carbonyl (C=O) groups is 1.